The van der Waals surface area contributed by atoms with Crippen LogP contribution in [0.1, 0.15) is 24.8 Å². The molecule has 1 aliphatic heterocycles. The number of rotatable bonds is 5. The fourth-order valence-electron chi connectivity index (χ4n) is 2.06. The molecule has 0 amide bonds. The Balaban J connectivity index is 1.97. The van der Waals surface area contributed by atoms with Gasteiger partial charge in [-0.1, -0.05) is 0 Å². The summed E-state index contributed by atoms with van der Waals surface area (Å²) in [5.41, 5.74) is 0.132. The van der Waals surface area contributed by atoms with E-state index >= 15 is 0 Å². The number of aldehydes is 1. The fourth-order valence-corrected chi connectivity index (χ4v) is 2.06. The molecule has 2 rings (SSSR count). The van der Waals surface area contributed by atoms with E-state index in [4.69, 9.17) is 9.47 Å². The maximum absolute atomic E-state index is 13.5. The first kappa shape index (κ1) is 14.1. The number of carbonyl (C=O) groups excluding carboxylic acids is 1. The van der Waals surface area contributed by atoms with Crippen molar-refractivity contribution >= 4 is 6.29 Å². The van der Waals surface area contributed by atoms with E-state index in [1.165, 1.54) is 0 Å². The van der Waals surface area contributed by atoms with Gasteiger partial charge in [0.25, 0.3) is 0 Å². The van der Waals surface area contributed by atoms with Crippen LogP contribution < -0.4 is 0 Å². The molecule has 1 fully saturated rings. The molecule has 2 unspecified atom stereocenters. The molecule has 0 aliphatic carbocycles. The molecule has 1 aliphatic rings. The van der Waals surface area contributed by atoms with Gasteiger partial charge in [0.15, 0.2) is 6.29 Å². The van der Waals surface area contributed by atoms with Gasteiger partial charge in [0.05, 0.1) is 0 Å². The van der Waals surface area contributed by atoms with E-state index in [1.54, 1.807) is 0 Å². The molecule has 5 heteroatoms. The maximum Gasteiger partial charge on any atom is 0.158 e. The molecule has 1 saturated heterocycles. The van der Waals surface area contributed by atoms with E-state index < -0.39 is 24.0 Å². The van der Waals surface area contributed by atoms with Crippen molar-refractivity contribution in [1.82, 2.24) is 0 Å². The van der Waals surface area contributed by atoms with Crippen molar-refractivity contribution < 1.29 is 23.0 Å². The number of hydrogen-bond donors (Lipinski definition) is 0. The molecule has 3 nitrogen and oxygen atoms in total. The number of benzene rings is 1. The highest BCUT2D eigenvalue weighted by Crippen LogP contribution is 2.18. The largest absolute Gasteiger partial charge is 0.353 e. The Morgan fingerprint density at radius 2 is 2.26 bits per heavy atom. The summed E-state index contributed by atoms with van der Waals surface area (Å²) in [5.74, 6) is -1.07. The third-order valence-corrected chi connectivity index (χ3v) is 3.05. The molecule has 0 bridgehead atoms. The van der Waals surface area contributed by atoms with Gasteiger partial charge in [-0.3, -0.25) is 0 Å². The smallest absolute Gasteiger partial charge is 0.158 e. The Hall–Kier alpha value is -1.33. The molecule has 1 aromatic carbocycles. The normalized spacial score (nSPS) is 21.1. The van der Waals surface area contributed by atoms with Crippen LogP contribution in [0.15, 0.2) is 18.2 Å². The summed E-state index contributed by atoms with van der Waals surface area (Å²) in [5, 5.41) is 0. The highest BCUT2D eigenvalue weighted by atomic mass is 19.1. The zero-order valence-corrected chi connectivity index (χ0v) is 10.5. The first-order valence-electron chi connectivity index (χ1n) is 6.35. The summed E-state index contributed by atoms with van der Waals surface area (Å²) in [6.45, 7) is 0.602. The standard InChI is InChI=1S/C14H16F2O3/c15-11-4-5-13(16)10(7-11)8-12(9-17)19-14-3-1-2-6-18-14/h4-5,7,9,12,14H,1-3,6,8H2. The van der Waals surface area contributed by atoms with Crippen LogP contribution in [-0.4, -0.2) is 25.3 Å². The van der Waals surface area contributed by atoms with Crippen molar-refractivity contribution in [2.75, 3.05) is 6.61 Å². The van der Waals surface area contributed by atoms with Gasteiger partial charge in [-0.05, 0) is 43.0 Å². The lowest BCUT2D eigenvalue weighted by Crippen LogP contribution is -2.30. The van der Waals surface area contributed by atoms with Gasteiger partial charge in [-0.2, -0.15) is 0 Å². The molecule has 0 N–H and O–H groups in total. The molecule has 2 atom stereocenters. The van der Waals surface area contributed by atoms with Gasteiger partial charge in [0.1, 0.15) is 24.0 Å². The average molecular weight is 270 g/mol. The predicted molar refractivity (Wildman–Crippen MR) is 64.6 cm³/mol. The minimum Gasteiger partial charge on any atom is -0.353 e. The van der Waals surface area contributed by atoms with Gasteiger partial charge in [-0.15, -0.1) is 0 Å². The summed E-state index contributed by atoms with van der Waals surface area (Å²) in [7, 11) is 0. The van der Waals surface area contributed by atoms with Gasteiger partial charge in [-0.25, -0.2) is 8.78 Å². The Labute approximate surface area is 110 Å². The number of halogens is 2. The van der Waals surface area contributed by atoms with E-state index in [9.17, 15) is 13.6 Å². The number of ether oxygens (including phenoxy) is 2. The van der Waals surface area contributed by atoms with Crippen LogP contribution in [0.5, 0.6) is 0 Å². The minimum atomic E-state index is -0.820. The summed E-state index contributed by atoms with van der Waals surface area (Å²) in [4.78, 5) is 11.0. The van der Waals surface area contributed by atoms with Crippen molar-refractivity contribution in [2.45, 2.75) is 38.1 Å². The topological polar surface area (TPSA) is 35.5 Å². The summed E-state index contributed by atoms with van der Waals surface area (Å²) in [6, 6.07) is 3.17. The monoisotopic (exact) mass is 270 g/mol. The lowest BCUT2D eigenvalue weighted by molar-refractivity contribution is -0.186. The second kappa shape index (κ2) is 6.73. The molecule has 0 spiro atoms. The first-order valence-corrected chi connectivity index (χ1v) is 6.35. The van der Waals surface area contributed by atoms with E-state index in [0.29, 0.717) is 12.9 Å². The van der Waals surface area contributed by atoms with E-state index in [2.05, 4.69) is 0 Å². The van der Waals surface area contributed by atoms with Crippen molar-refractivity contribution in [2.24, 2.45) is 0 Å². The Morgan fingerprint density at radius 3 is 2.95 bits per heavy atom. The second-order valence-corrected chi connectivity index (χ2v) is 4.55. The van der Waals surface area contributed by atoms with Crippen LogP contribution in [0.2, 0.25) is 0 Å². The van der Waals surface area contributed by atoms with Gasteiger partial charge < -0.3 is 14.3 Å². The third kappa shape index (κ3) is 4.08. The lowest BCUT2D eigenvalue weighted by atomic mass is 10.1. The number of carbonyl (C=O) groups is 1. The van der Waals surface area contributed by atoms with Crippen LogP contribution in [0, 0.1) is 11.6 Å². The molecule has 0 aromatic heterocycles. The SMILES string of the molecule is O=CC(Cc1cc(F)ccc1F)OC1CCCCO1. The van der Waals surface area contributed by atoms with E-state index in [-0.39, 0.29) is 12.0 Å². The van der Waals surface area contributed by atoms with Crippen LogP contribution in [-0.2, 0) is 20.7 Å². The Kier molecular flexibility index (Phi) is 4.99. The van der Waals surface area contributed by atoms with Crippen molar-refractivity contribution in [1.29, 1.82) is 0 Å². The molecular weight excluding hydrogens is 254 g/mol. The molecular formula is C14H16F2O3. The molecule has 1 aromatic rings. The molecule has 19 heavy (non-hydrogen) atoms. The zero-order chi connectivity index (χ0) is 13.7. The quantitative estimate of drug-likeness (QED) is 0.771. The minimum absolute atomic E-state index is 0.00690. The van der Waals surface area contributed by atoms with Gasteiger partial charge in [0, 0.05) is 13.0 Å². The number of hydrogen-bond acceptors (Lipinski definition) is 3. The lowest BCUT2D eigenvalue weighted by Gasteiger charge is -2.25. The van der Waals surface area contributed by atoms with Crippen LogP contribution >= 0.6 is 0 Å². The van der Waals surface area contributed by atoms with Crippen molar-refractivity contribution in [3.63, 3.8) is 0 Å². The van der Waals surface area contributed by atoms with Crippen molar-refractivity contribution in [3.8, 4) is 0 Å². The maximum atomic E-state index is 13.5. The highest BCUT2D eigenvalue weighted by Gasteiger charge is 2.20. The van der Waals surface area contributed by atoms with Gasteiger partial charge >= 0.3 is 0 Å². The van der Waals surface area contributed by atoms with E-state index in [1.807, 2.05) is 0 Å². The van der Waals surface area contributed by atoms with E-state index in [0.717, 1.165) is 37.5 Å². The predicted octanol–water partition coefficient (Wildman–Crippen LogP) is 2.62. The van der Waals surface area contributed by atoms with Crippen LogP contribution in [0.3, 0.4) is 0 Å². The van der Waals surface area contributed by atoms with Crippen LogP contribution in [0.4, 0.5) is 8.78 Å². The fraction of sp³-hybridized carbons (Fsp3) is 0.500. The first-order chi connectivity index (χ1) is 9.19. The zero-order valence-electron chi connectivity index (χ0n) is 10.5. The second-order valence-electron chi connectivity index (χ2n) is 4.55. The molecule has 0 radical (unpaired) electrons. The Bertz CT molecular complexity index is 431. The summed E-state index contributed by atoms with van der Waals surface area (Å²) < 4.78 is 37.3. The Morgan fingerprint density at radius 1 is 1.42 bits per heavy atom. The summed E-state index contributed by atoms with van der Waals surface area (Å²) >= 11 is 0. The average Bonchev–Trinajstić information content (AvgIpc) is 2.43. The summed E-state index contributed by atoms with van der Waals surface area (Å²) in [6.07, 6.45) is 2.03. The van der Waals surface area contributed by atoms with Crippen molar-refractivity contribution in [3.05, 3.63) is 35.4 Å². The molecule has 104 valence electrons. The van der Waals surface area contributed by atoms with Gasteiger partial charge in [0.2, 0.25) is 0 Å². The molecule has 0 saturated carbocycles. The third-order valence-electron chi connectivity index (χ3n) is 3.05. The molecule has 1 heterocycles. The highest BCUT2D eigenvalue weighted by molar-refractivity contribution is 5.57. The van der Waals surface area contributed by atoms with Crippen LogP contribution in [0.25, 0.3) is 0 Å².